The summed E-state index contributed by atoms with van der Waals surface area (Å²) >= 11 is 0. The Morgan fingerprint density at radius 1 is 1.59 bits per heavy atom. The molecule has 1 rings (SSSR count). The van der Waals surface area contributed by atoms with E-state index in [9.17, 15) is 12.8 Å². The Labute approximate surface area is 98.7 Å². The maximum atomic E-state index is 12.1. The van der Waals surface area contributed by atoms with E-state index in [-0.39, 0.29) is 16.0 Å². The number of rotatable bonds is 4. The van der Waals surface area contributed by atoms with Crippen LogP contribution in [0.4, 0.5) is 4.39 Å². The number of primary sulfonamides is 1. The van der Waals surface area contributed by atoms with Crippen LogP contribution in [0.2, 0.25) is 0 Å². The Hall–Kier alpha value is -1.49. The lowest BCUT2D eigenvalue weighted by Crippen LogP contribution is -2.15. The maximum Gasteiger partial charge on any atom is 0.239 e. The van der Waals surface area contributed by atoms with Crippen LogP contribution in [0, 0.1) is 11.3 Å². The van der Waals surface area contributed by atoms with Crippen LogP contribution in [-0.4, -0.2) is 15.3 Å². The molecule has 1 aromatic carbocycles. The third kappa shape index (κ3) is 3.00. The van der Waals surface area contributed by atoms with Crippen molar-refractivity contribution < 1.29 is 17.5 Å². The highest BCUT2D eigenvalue weighted by molar-refractivity contribution is 7.89. The van der Waals surface area contributed by atoms with Crippen LogP contribution in [0.1, 0.15) is 24.2 Å². The number of hydrogen-bond acceptors (Lipinski definition) is 4. The summed E-state index contributed by atoms with van der Waals surface area (Å²) in [6.45, 7) is 0.494. The van der Waals surface area contributed by atoms with Gasteiger partial charge in [-0.25, -0.2) is 17.9 Å². The van der Waals surface area contributed by atoms with Crippen molar-refractivity contribution in [2.75, 3.05) is 6.86 Å². The molecule has 0 aliphatic carbocycles. The largest absolute Gasteiger partial charge is 0.343 e. The molecule has 1 aromatic rings. The number of ether oxygens (including phenoxy) is 1. The quantitative estimate of drug-likeness (QED) is 0.878. The fraction of sp³-hybridized carbons (Fsp3) is 0.300. The van der Waals surface area contributed by atoms with Crippen LogP contribution in [0.25, 0.3) is 0 Å². The van der Waals surface area contributed by atoms with Crippen LogP contribution in [0.3, 0.4) is 0 Å². The maximum absolute atomic E-state index is 12.1. The van der Waals surface area contributed by atoms with Gasteiger partial charge in [0.2, 0.25) is 10.0 Å². The molecule has 5 nitrogen and oxygen atoms in total. The molecule has 0 saturated heterocycles. The van der Waals surface area contributed by atoms with Gasteiger partial charge in [-0.05, 0) is 18.6 Å². The summed E-state index contributed by atoms with van der Waals surface area (Å²) in [4.78, 5) is -0.285. The van der Waals surface area contributed by atoms with Crippen molar-refractivity contribution in [2.45, 2.75) is 17.9 Å². The lowest BCUT2D eigenvalue weighted by molar-refractivity contribution is 0.00406. The Morgan fingerprint density at radius 3 is 2.71 bits per heavy atom. The summed E-state index contributed by atoms with van der Waals surface area (Å²) in [5.74, 6) is 0. The highest BCUT2D eigenvalue weighted by atomic mass is 32.2. The zero-order valence-electron chi connectivity index (χ0n) is 9.05. The lowest BCUT2D eigenvalue weighted by atomic mass is 10.0. The summed E-state index contributed by atoms with van der Waals surface area (Å²) in [6.07, 6.45) is -0.726. The van der Waals surface area contributed by atoms with Crippen molar-refractivity contribution in [3.63, 3.8) is 0 Å². The molecule has 1 unspecified atom stereocenters. The predicted octanol–water partition coefficient (Wildman–Crippen LogP) is 1.21. The second-order valence-electron chi connectivity index (χ2n) is 3.30. The normalized spacial score (nSPS) is 13.1. The highest BCUT2D eigenvalue weighted by Gasteiger charge is 2.20. The molecule has 7 heteroatoms. The third-order valence-corrected chi connectivity index (χ3v) is 3.18. The first-order valence-electron chi connectivity index (χ1n) is 4.65. The van der Waals surface area contributed by atoms with Crippen LogP contribution in [0.5, 0.6) is 0 Å². The monoisotopic (exact) mass is 258 g/mol. The van der Waals surface area contributed by atoms with E-state index < -0.39 is 23.0 Å². The molecule has 0 bridgehead atoms. The van der Waals surface area contributed by atoms with Crippen molar-refractivity contribution in [3.05, 3.63) is 29.3 Å². The summed E-state index contributed by atoms with van der Waals surface area (Å²) in [7, 11) is -3.99. The van der Waals surface area contributed by atoms with Crippen LogP contribution < -0.4 is 5.14 Å². The average molecular weight is 258 g/mol. The van der Waals surface area contributed by atoms with Crippen molar-refractivity contribution >= 4 is 10.0 Å². The van der Waals surface area contributed by atoms with E-state index in [1.54, 1.807) is 6.07 Å². The topological polar surface area (TPSA) is 93.2 Å². The predicted molar refractivity (Wildman–Crippen MR) is 58.0 cm³/mol. The Morgan fingerprint density at radius 2 is 2.24 bits per heavy atom. The van der Waals surface area contributed by atoms with E-state index in [2.05, 4.69) is 4.74 Å². The van der Waals surface area contributed by atoms with Crippen molar-refractivity contribution in [3.8, 4) is 6.07 Å². The number of nitriles is 1. The highest BCUT2D eigenvalue weighted by Crippen LogP contribution is 2.25. The van der Waals surface area contributed by atoms with Gasteiger partial charge in [0, 0.05) is 0 Å². The molecule has 0 aromatic heterocycles. The van der Waals surface area contributed by atoms with Crippen molar-refractivity contribution in [1.82, 2.24) is 0 Å². The molecular formula is C10H11FN2O3S. The molecule has 1 atom stereocenters. The van der Waals surface area contributed by atoms with Gasteiger partial charge in [-0.1, -0.05) is 12.1 Å². The number of hydrogen-bond donors (Lipinski definition) is 1. The summed E-state index contributed by atoms with van der Waals surface area (Å²) < 4.78 is 39.3. The van der Waals surface area contributed by atoms with E-state index in [1.165, 1.54) is 25.1 Å². The van der Waals surface area contributed by atoms with Gasteiger partial charge in [0.25, 0.3) is 0 Å². The van der Waals surface area contributed by atoms with Gasteiger partial charge in [-0.15, -0.1) is 0 Å². The number of alkyl halides is 1. The van der Waals surface area contributed by atoms with E-state index >= 15 is 0 Å². The fourth-order valence-electron chi connectivity index (χ4n) is 1.43. The molecule has 0 radical (unpaired) electrons. The summed E-state index contributed by atoms with van der Waals surface area (Å²) in [6, 6.07) is 5.89. The minimum absolute atomic E-state index is 0.115. The van der Waals surface area contributed by atoms with Crippen LogP contribution in [0.15, 0.2) is 23.1 Å². The molecule has 0 aliphatic heterocycles. The van der Waals surface area contributed by atoms with Crippen molar-refractivity contribution in [2.24, 2.45) is 5.14 Å². The minimum atomic E-state index is -3.99. The molecule has 0 spiro atoms. The molecule has 0 saturated carbocycles. The van der Waals surface area contributed by atoms with Crippen LogP contribution >= 0.6 is 0 Å². The van der Waals surface area contributed by atoms with Gasteiger partial charge in [-0.2, -0.15) is 5.26 Å². The number of nitrogens with zero attached hydrogens (tertiary/aromatic N) is 1. The second-order valence-corrected chi connectivity index (χ2v) is 4.83. The summed E-state index contributed by atoms with van der Waals surface area (Å²) in [5.41, 5.74) is 0.174. The average Bonchev–Trinajstić information content (AvgIpc) is 2.27. The Balaban J connectivity index is 3.40. The SMILES string of the molecule is CC(OCF)c1cccc(S(N)(=O)=O)c1C#N. The van der Waals surface area contributed by atoms with Gasteiger partial charge in [0.05, 0.1) is 16.6 Å². The summed E-state index contributed by atoms with van der Waals surface area (Å²) in [5, 5.41) is 13.9. The van der Waals surface area contributed by atoms with Gasteiger partial charge < -0.3 is 4.74 Å². The first-order chi connectivity index (χ1) is 7.91. The van der Waals surface area contributed by atoms with E-state index in [0.29, 0.717) is 0 Å². The third-order valence-electron chi connectivity index (χ3n) is 2.23. The molecule has 0 heterocycles. The van der Waals surface area contributed by atoms with Gasteiger partial charge >= 0.3 is 0 Å². The van der Waals surface area contributed by atoms with E-state index in [4.69, 9.17) is 10.4 Å². The molecule has 0 aliphatic rings. The fourth-order valence-corrected chi connectivity index (χ4v) is 2.14. The van der Waals surface area contributed by atoms with Crippen molar-refractivity contribution in [1.29, 1.82) is 5.26 Å². The zero-order chi connectivity index (χ0) is 13.1. The first kappa shape index (κ1) is 13.6. The van der Waals surface area contributed by atoms with E-state index in [1.807, 2.05) is 0 Å². The molecule has 92 valence electrons. The molecular weight excluding hydrogens is 247 g/mol. The van der Waals surface area contributed by atoms with Gasteiger partial charge in [0.1, 0.15) is 6.07 Å². The molecule has 2 N–H and O–H groups in total. The lowest BCUT2D eigenvalue weighted by Gasteiger charge is -2.13. The number of sulfonamides is 1. The smallest absolute Gasteiger partial charge is 0.239 e. The molecule has 0 fully saturated rings. The first-order valence-corrected chi connectivity index (χ1v) is 6.19. The number of benzene rings is 1. The number of halogens is 1. The zero-order valence-corrected chi connectivity index (χ0v) is 9.87. The Bertz CT molecular complexity index is 551. The number of nitrogens with two attached hydrogens (primary N) is 1. The molecule has 17 heavy (non-hydrogen) atoms. The van der Waals surface area contributed by atoms with E-state index in [0.717, 1.165) is 0 Å². The minimum Gasteiger partial charge on any atom is -0.343 e. The second kappa shape index (κ2) is 5.23. The van der Waals surface area contributed by atoms with Crippen LogP contribution in [-0.2, 0) is 14.8 Å². The standard InChI is InChI=1S/C10H11FN2O3S/c1-7(16-6-11)8-3-2-4-10(9(8)5-12)17(13,14)15/h2-4,7H,6H2,1H3,(H2,13,14,15). The Kier molecular flexibility index (Phi) is 4.17. The van der Waals surface area contributed by atoms with Gasteiger partial charge in [0.15, 0.2) is 6.86 Å². The molecule has 0 amide bonds. The van der Waals surface area contributed by atoms with Gasteiger partial charge in [-0.3, -0.25) is 0 Å².